The highest BCUT2D eigenvalue weighted by atomic mass is 32.2. The Kier molecular flexibility index (Phi) is 4.92. The minimum absolute atomic E-state index is 0.0555. The van der Waals surface area contributed by atoms with Crippen molar-refractivity contribution in [3.8, 4) is 23.5 Å². The maximum Gasteiger partial charge on any atom is 0.351 e. The van der Waals surface area contributed by atoms with E-state index in [0.717, 1.165) is 0 Å². The summed E-state index contributed by atoms with van der Waals surface area (Å²) in [7, 11) is -10.8. The van der Waals surface area contributed by atoms with Gasteiger partial charge in [-0.1, -0.05) is 0 Å². The Morgan fingerprint density at radius 2 is 1.23 bits per heavy atom. The smallest absolute Gasteiger partial charge is 0.351 e. The van der Waals surface area contributed by atoms with Crippen LogP contribution >= 0.6 is 0 Å². The van der Waals surface area contributed by atoms with E-state index in [1.54, 1.807) is 0 Å². The van der Waals surface area contributed by atoms with Gasteiger partial charge in [-0.05, 0) is 0 Å². The summed E-state index contributed by atoms with van der Waals surface area (Å²) in [6.07, 6.45) is -5.62. The molecule has 0 saturated carbocycles. The van der Waals surface area contributed by atoms with Crippen LogP contribution in [0.4, 0.5) is 0 Å². The van der Waals surface area contributed by atoms with Gasteiger partial charge in [0.05, 0.1) is 6.37 Å². The summed E-state index contributed by atoms with van der Waals surface area (Å²) in [5.41, 5.74) is -3.77. The normalized spacial score (nSPS) is 14.1. The quantitative estimate of drug-likeness (QED) is 0.202. The molecule has 8 N–H and O–H groups in total. The number of aromatic nitrogens is 2. The third-order valence-electron chi connectivity index (χ3n) is 3.97. The van der Waals surface area contributed by atoms with Crippen molar-refractivity contribution in [2.24, 2.45) is 0 Å². The molecule has 0 saturated heterocycles. The van der Waals surface area contributed by atoms with E-state index in [0.29, 0.717) is 0 Å². The fourth-order valence-corrected chi connectivity index (χ4v) is 3.92. The molecule has 0 aliphatic rings. The third-order valence-corrected chi connectivity index (χ3v) is 5.68. The lowest BCUT2D eigenvalue weighted by Crippen LogP contribution is -2.48. The first-order valence-corrected chi connectivity index (χ1v) is 10.3. The minimum Gasteiger partial charge on any atom is -0.494 e. The zero-order valence-corrected chi connectivity index (χ0v) is 16.2. The van der Waals surface area contributed by atoms with Gasteiger partial charge in [0.1, 0.15) is 0 Å². The molecule has 2 aromatic heterocycles. The molecular formula is C13H14N2O14S2. The van der Waals surface area contributed by atoms with Crippen molar-refractivity contribution in [3.05, 3.63) is 12.1 Å². The maximum absolute atomic E-state index is 12.4. The molecule has 0 aliphatic carbocycles. The van der Waals surface area contributed by atoms with E-state index in [-0.39, 0.29) is 12.1 Å². The lowest BCUT2D eigenvalue weighted by Gasteiger charge is -2.34. The van der Waals surface area contributed by atoms with Gasteiger partial charge in [0, 0.05) is 21.3 Å². The highest BCUT2D eigenvalue weighted by Gasteiger charge is 2.51. The minimum atomic E-state index is -5.41. The lowest BCUT2D eigenvalue weighted by atomic mass is 10.0. The predicted molar refractivity (Wildman–Crippen MR) is 93.0 cm³/mol. The number of aliphatic carboxylic acids is 2. The third kappa shape index (κ3) is 3.83. The number of nitrogens with zero attached hydrogens (tertiary/aromatic N) is 2. The number of hydrogen-bond acceptors (Lipinski definition) is 10. The molecule has 31 heavy (non-hydrogen) atoms. The number of carbonyl (C=O) groups is 2. The average molecular weight is 488 g/mol. The molecule has 172 valence electrons. The van der Waals surface area contributed by atoms with Crippen molar-refractivity contribution in [1.29, 1.82) is 0 Å². The molecule has 0 amide bonds. The Labute approximate surface area is 174 Å². The van der Waals surface area contributed by atoms with Crippen molar-refractivity contribution in [2.75, 3.05) is 0 Å². The van der Waals surface area contributed by atoms with Gasteiger partial charge in [0.15, 0.2) is 21.6 Å². The summed E-state index contributed by atoms with van der Waals surface area (Å²) in [6.45, 7) is 0. The van der Waals surface area contributed by atoms with Crippen molar-refractivity contribution < 1.29 is 68.9 Å². The van der Waals surface area contributed by atoms with Crippen LogP contribution < -0.4 is 0 Å². The Morgan fingerprint density at radius 1 is 0.871 bits per heavy atom. The number of carboxylic acid groups (broad SMARTS) is 2. The van der Waals surface area contributed by atoms with Crippen LogP contribution in [0.25, 0.3) is 0 Å². The van der Waals surface area contributed by atoms with E-state index >= 15 is 0 Å². The van der Waals surface area contributed by atoms with Gasteiger partial charge in [0.2, 0.25) is 17.4 Å². The molecule has 0 spiro atoms. The van der Waals surface area contributed by atoms with Gasteiger partial charge in [-0.25, -0.2) is 13.9 Å². The monoisotopic (exact) mass is 488 g/mol. The number of carboxylic acids is 2. The van der Waals surface area contributed by atoms with Gasteiger partial charge in [-0.15, -0.1) is 0 Å². The largest absolute Gasteiger partial charge is 0.494 e. The Hall–Kier alpha value is -3.48. The zero-order valence-electron chi connectivity index (χ0n) is 16.6. The SMILES string of the molecule is [2H]C([2H])(CC(C(=O)O)(n1c(O)cc(S(=O)(=O)O)c1O)n1c(O)cc(S(=O)(=O)O)c1O)C(=O)O. The summed E-state index contributed by atoms with van der Waals surface area (Å²) in [4.78, 5) is 20.6. The van der Waals surface area contributed by atoms with E-state index in [2.05, 4.69) is 0 Å². The first-order valence-electron chi connectivity index (χ1n) is 8.39. The van der Waals surface area contributed by atoms with Crippen LogP contribution in [-0.4, -0.2) is 77.7 Å². The molecule has 0 aliphatic heterocycles. The van der Waals surface area contributed by atoms with Crippen LogP contribution in [-0.2, 0) is 35.5 Å². The van der Waals surface area contributed by atoms with Crippen molar-refractivity contribution >= 4 is 32.2 Å². The second-order valence-corrected chi connectivity index (χ2v) is 8.56. The van der Waals surface area contributed by atoms with Gasteiger partial charge in [-0.3, -0.25) is 13.9 Å². The Balaban J connectivity index is 3.20. The average Bonchev–Trinajstić information content (AvgIpc) is 3.08. The van der Waals surface area contributed by atoms with Crippen LogP contribution in [0, 0.1) is 0 Å². The second kappa shape index (κ2) is 7.34. The maximum atomic E-state index is 12.4. The summed E-state index contributed by atoms with van der Waals surface area (Å²) in [5, 5.41) is 59.9. The van der Waals surface area contributed by atoms with E-state index < -0.39 is 93.1 Å². The summed E-state index contributed by atoms with van der Waals surface area (Å²) in [6, 6.07) is 0.111. The van der Waals surface area contributed by atoms with Crippen LogP contribution in [0.3, 0.4) is 0 Å². The molecule has 2 rings (SSSR count). The van der Waals surface area contributed by atoms with Crippen molar-refractivity contribution in [1.82, 2.24) is 9.13 Å². The summed E-state index contributed by atoms with van der Waals surface area (Å²) >= 11 is 0. The molecule has 0 fully saturated rings. The standard InChI is InChI=1S/C13H14N2O14S2/c16-7-3-5(30(24,25)26)10(20)14(7)13(12(22)23,2-1-9(18)19)15-8(17)4-6(11(15)21)31(27,28)29/h3-4,16-17,20-21H,1-2H2,(H,18,19)(H,22,23)(H,24,25,26)(H,27,28,29)/i1D2. The number of hydrogen-bond donors (Lipinski definition) is 8. The predicted octanol–water partition coefficient (Wildman–Crippen LogP) is -1.24. The number of rotatable bonds is 8. The van der Waals surface area contributed by atoms with Gasteiger partial charge in [-0.2, -0.15) is 16.8 Å². The second-order valence-electron chi connectivity index (χ2n) is 5.78. The molecule has 16 nitrogen and oxygen atoms in total. The summed E-state index contributed by atoms with van der Waals surface area (Å²) in [5.74, 6) is -11.7. The highest BCUT2D eigenvalue weighted by molar-refractivity contribution is 7.86. The molecule has 2 heterocycles. The molecule has 0 unspecified atom stereocenters. The van der Waals surface area contributed by atoms with Crippen LogP contribution in [0.1, 0.15) is 15.5 Å². The Bertz CT molecular complexity index is 1290. The van der Waals surface area contributed by atoms with E-state index in [1.807, 2.05) is 0 Å². The molecular weight excluding hydrogens is 472 g/mol. The molecule has 0 radical (unpaired) electrons. The molecule has 18 heteroatoms. The highest BCUT2D eigenvalue weighted by Crippen LogP contribution is 2.46. The van der Waals surface area contributed by atoms with E-state index in [9.17, 15) is 61.1 Å². The Morgan fingerprint density at radius 3 is 1.45 bits per heavy atom. The zero-order chi connectivity index (χ0) is 25.9. The molecule has 0 bridgehead atoms. The fourth-order valence-electron chi connectivity index (χ4n) is 2.76. The van der Waals surface area contributed by atoms with Gasteiger partial charge < -0.3 is 30.6 Å². The first-order chi connectivity index (χ1) is 14.7. The fraction of sp³-hybridized carbons (Fsp3) is 0.231. The van der Waals surface area contributed by atoms with Crippen molar-refractivity contribution in [3.63, 3.8) is 0 Å². The van der Waals surface area contributed by atoms with Gasteiger partial charge >= 0.3 is 11.9 Å². The number of aromatic hydroxyl groups is 4. The van der Waals surface area contributed by atoms with E-state index in [4.69, 9.17) is 7.85 Å². The van der Waals surface area contributed by atoms with Gasteiger partial charge in [0.25, 0.3) is 20.2 Å². The van der Waals surface area contributed by atoms with Crippen LogP contribution in [0.5, 0.6) is 23.5 Å². The van der Waals surface area contributed by atoms with Crippen LogP contribution in [0.15, 0.2) is 21.9 Å². The lowest BCUT2D eigenvalue weighted by molar-refractivity contribution is -0.152. The topological polar surface area (TPSA) is 274 Å². The van der Waals surface area contributed by atoms with Crippen LogP contribution in [0.2, 0.25) is 0 Å². The summed E-state index contributed by atoms with van der Waals surface area (Å²) < 4.78 is 78.5. The molecule has 0 atom stereocenters. The first kappa shape index (κ1) is 20.8. The van der Waals surface area contributed by atoms with E-state index in [1.165, 1.54) is 0 Å². The molecule has 0 aromatic carbocycles. The van der Waals surface area contributed by atoms with Crippen molar-refractivity contribution in [2.45, 2.75) is 28.2 Å². The molecule has 2 aromatic rings.